The molecule has 0 spiro atoms. The van der Waals surface area contributed by atoms with Crippen LogP contribution in [0.3, 0.4) is 0 Å². The van der Waals surface area contributed by atoms with E-state index in [4.69, 9.17) is 4.52 Å². The first-order chi connectivity index (χ1) is 13.7. The van der Waals surface area contributed by atoms with Crippen LogP contribution in [0.2, 0.25) is 0 Å². The molecule has 1 saturated heterocycles. The largest absolute Gasteiger partial charge is 0.342 e. The number of likely N-dealkylation sites (tertiary alicyclic amines) is 1. The third-order valence-electron chi connectivity index (χ3n) is 5.93. The topological polar surface area (TPSA) is 59.2 Å². The summed E-state index contributed by atoms with van der Waals surface area (Å²) in [7, 11) is 0. The lowest BCUT2D eigenvalue weighted by molar-refractivity contribution is -0.130. The van der Waals surface area contributed by atoms with Crippen LogP contribution in [0.5, 0.6) is 0 Å². The number of aromatic nitrogens is 2. The fraction of sp³-hybridized carbons (Fsp3) is 0.591. The van der Waals surface area contributed by atoms with Gasteiger partial charge in [-0.25, -0.2) is 0 Å². The van der Waals surface area contributed by atoms with E-state index in [0.29, 0.717) is 34.5 Å². The smallest absolute Gasteiger partial charge is 0.232 e. The zero-order valence-corrected chi connectivity index (χ0v) is 17.4. The Morgan fingerprint density at radius 2 is 2.04 bits per heavy atom. The highest BCUT2D eigenvalue weighted by Gasteiger charge is 2.26. The summed E-state index contributed by atoms with van der Waals surface area (Å²) in [5.41, 5.74) is 2.16. The standard InChI is InChI=1S/C22H29N3O2S/c1-16-7-2-5-11-19(16)22-23-20(27-24-22)13-17-8-6-12-25(14-17)21(26)15-28-18-9-3-4-10-18/h2,5,7,11,17-18H,3-4,6,8-10,12-15H2,1H3/t17-/m1/s1. The molecule has 1 aromatic carbocycles. The quantitative estimate of drug-likeness (QED) is 0.716. The molecule has 1 aliphatic carbocycles. The number of hydrogen-bond acceptors (Lipinski definition) is 5. The van der Waals surface area contributed by atoms with E-state index in [2.05, 4.69) is 28.0 Å². The molecular weight excluding hydrogens is 370 g/mol. The van der Waals surface area contributed by atoms with Crippen molar-refractivity contribution in [2.45, 2.75) is 57.1 Å². The van der Waals surface area contributed by atoms with E-state index in [1.807, 2.05) is 30.0 Å². The molecule has 4 rings (SSSR count). The molecule has 0 unspecified atom stereocenters. The lowest BCUT2D eigenvalue weighted by Gasteiger charge is -2.32. The third-order valence-corrected chi connectivity index (χ3v) is 7.29. The van der Waals surface area contributed by atoms with Crippen LogP contribution < -0.4 is 0 Å². The van der Waals surface area contributed by atoms with Crippen LogP contribution in [0, 0.1) is 12.8 Å². The number of hydrogen-bond donors (Lipinski definition) is 0. The Bertz CT molecular complexity index is 801. The number of amides is 1. The maximum atomic E-state index is 12.6. The van der Waals surface area contributed by atoms with Crippen molar-refractivity contribution < 1.29 is 9.32 Å². The van der Waals surface area contributed by atoms with Crippen LogP contribution in [0.1, 0.15) is 50.0 Å². The second-order valence-electron chi connectivity index (χ2n) is 8.10. The SMILES string of the molecule is Cc1ccccc1-c1noc(C[C@H]2CCCN(C(=O)CSC3CCCC3)C2)n1. The Morgan fingerprint density at radius 3 is 2.86 bits per heavy atom. The molecule has 2 fully saturated rings. The van der Waals surface area contributed by atoms with Crippen molar-refractivity contribution in [3.63, 3.8) is 0 Å². The predicted octanol–water partition coefficient (Wildman–Crippen LogP) is 4.50. The van der Waals surface area contributed by atoms with E-state index >= 15 is 0 Å². The van der Waals surface area contributed by atoms with E-state index in [1.165, 1.54) is 25.7 Å². The first-order valence-electron chi connectivity index (χ1n) is 10.5. The molecule has 1 atom stereocenters. The average Bonchev–Trinajstić information content (AvgIpc) is 3.39. The second-order valence-corrected chi connectivity index (χ2v) is 9.38. The highest BCUT2D eigenvalue weighted by molar-refractivity contribution is 8.00. The summed E-state index contributed by atoms with van der Waals surface area (Å²) in [6.07, 6.45) is 8.13. The van der Waals surface area contributed by atoms with Crippen LogP contribution in [0.4, 0.5) is 0 Å². The minimum atomic E-state index is 0.299. The van der Waals surface area contributed by atoms with Crippen molar-refractivity contribution in [1.29, 1.82) is 0 Å². The van der Waals surface area contributed by atoms with Crippen LogP contribution in [-0.4, -0.2) is 45.0 Å². The first kappa shape index (κ1) is 19.5. The molecule has 1 saturated carbocycles. The normalized spacial score (nSPS) is 20.6. The van der Waals surface area contributed by atoms with Crippen molar-refractivity contribution in [3.8, 4) is 11.4 Å². The molecule has 0 N–H and O–H groups in total. The van der Waals surface area contributed by atoms with E-state index in [9.17, 15) is 4.79 Å². The highest BCUT2D eigenvalue weighted by Crippen LogP contribution is 2.30. The highest BCUT2D eigenvalue weighted by atomic mass is 32.2. The van der Waals surface area contributed by atoms with Gasteiger partial charge >= 0.3 is 0 Å². The zero-order valence-electron chi connectivity index (χ0n) is 16.6. The first-order valence-corrected chi connectivity index (χ1v) is 11.5. The summed E-state index contributed by atoms with van der Waals surface area (Å²) in [6, 6.07) is 8.08. The molecule has 1 aromatic heterocycles. The van der Waals surface area contributed by atoms with Crippen molar-refractivity contribution in [2.24, 2.45) is 5.92 Å². The van der Waals surface area contributed by atoms with Crippen LogP contribution in [0.25, 0.3) is 11.4 Å². The van der Waals surface area contributed by atoms with Gasteiger partial charge in [0, 0.05) is 30.3 Å². The minimum absolute atomic E-state index is 0.299. The van der Waals surface area contributed by atoms with Gasteiger partial charge in [-0.3, -0.25) is 4.79 Å². The van der Waals surface area contributed by atoms with Gasteiger partial charge in [0.15, 0.2) is 0 Å². The molecule has 1 amide bonds. The average molecular weight is 400 g/mol. The number of benzene rings is 1. The van der Waals surface area contributed by atoms with Gasteiger partial charge in [0.1, 0.15) is 0 Å². The molecule has 28 heavy (non-hydrogen) atoms. The van der Waals surface area contributed by atoms with Crippen molar-refractivity contribution in [3.05, 3.63) is 35.7 Å². The summed E-state index contributed by atoms with van der Waals surface area (Å²) in [5, 5.41) is 4.87. The Kier molecular flexibility index (Phi) is 6.35. The van der Waals surface area contributed by atoms with Gasteiger partial charge in [-0.05, 0) is 44.1 Å². The van der Waals surface area contributed by atoms with Gasteiger partial charge in [-0.1, -0.05) is 42.3 Å². The molecular formula is C22H29N3O2S. The number of carbonyl (C=O) groups is 1. The molecule has 150 valence electrons. The molecule has 0 radical (unpaired) electrons. The fourth-order valence-corrected chi connectivity index (χ4v) is 5.54. The fourth-order valence-electron chi connectivity index (χ4n) is 4.31. The van der Waals surface area contributed by atoms with Gasteiger partial charge in [0.2, 0.25) is 17.6 Å². The summed E-state index contributed by atoms with van der Waals surface area (Å²) in [5.74, 6) is 2.67. The molecule has 5 nitrogen and oxygen atoms in total. The number of nitrogens with zero attached hydrogens (tertiary/aromatic N) is 3. The van der Waals surface area contributed by atoms with Gasteiger partial charge < -0.3 is 9.42 Å². The van der Waals surface area contributed by atoms with E-state index in [-0.39, 0.29) is 0 Å². The summed E-state index contributed by atoms with van der Waals surface area (Å²) in [6.45, 7) is 3.75. The third kappa shape index (κ3) is 4.77. The van der Waals surface area contributed by atoms with Gasteiger partial charge in [-0.15, -0.1) is 11.8 Å². The van der Waals surface area contributed by atoms with E-state index in [0.717, 1.165) is 43.5 Å². The maximum absolute atomic E-state index is 12.6. The Labute approximate surface area is 171 Å². The van der Waals surface area contributed by atoms with Crippen molar-refractivity contribution >= 4 is 17.7 Å². The summed E-state index contributed by atoms with van der Waals surface area (Å²) in [4.78, 5) is 19.3. The molecule has 0 bridgehead atoms. The lowest BCUT2D eigenvalue weighted by Crippen LogP contribution is -2.41. The van der Waals surface area contributed by atoms with Crippen molar-refractivity contribution in [2.75, 3.05) is 18.8 Å². The van der Waals surface area contributed by atoms with Crippen molar-refractivity contribution in [1.82, 2.24) is 15.0 Å². The molecule has 2 aromatic rings. The Morgan fingerprint density at radius 1 is 1.21 bits per heavy atom. The molecule has 2 aliphatic rings. The summed E-state index contributed by atoms with van der Waals surface area (Å²) >= 11 is 1.86. The predicted molar refractivity (Wildman–Crippen MR) is 112 cm³/mol. The van der Waals surface area contributed by atoms with Gasteiger partial charge in [0.25, 0.3) is 0 Å². The lowest BCUT2D eigenvalue weighted by atomic mass is 9.95. The van der Waals surface area contributed by atoms with Crippen LogP contribution in [-0.2, 0) is 11.2 Å². The Hall–Kier alpha value is -1.82. The number of piperidine rings is 1. The zero-order chi connectivity index (χ0) is 19.3. The number of aryl methyl sites for hydroxylation is 1. The van der Waals surface area contributed by atoms with E-state index < -0.39 is 0 Å². The maximum Gasteiger partial charge on any atom is 0.232 e. The second kappa shape index (κ2) is 9.12. The summed E-state index contributed by atoms with van der Waals surface area (Å²) < 4.78 is 5.52. The van der Waals surface area contributed by atoms with Gasteiger partial charge in [-0.2, -0.15) is 4.98 Å². The minimum Gasteiger partial charge on any atom is -0.342 e. The number of carbonyl (C=O) groups excluding carboxylic acids is 1. The van der Waals surface area contributed by atoms with Crippen LogP contribution >= 0.6 is 11.8 Å². The number of thioether (sulfide) groups is 1. The monoisotopic (exact) mass is 399 g/mol. The van der Waals surface area contributed by atoms with Gasteiger partial charge in [0.05, 0.1) is 5.75 Å². The molecule has 6 heteroatoms. The van der Waals surface area contributed by atoms with Crippen LogP contribution in [0.15, 0.2) is 28.8 Å². The molecule has 2 heterocycles. The van der Waals surface area contributed by atoms with E-state index in [1.54, 1.807) is 0 Å². The Balaban J connectivity index is 1.31. The number of rotatable bonds is 6. The molecule has 1 aliphatic heterocycles.